The van der Waals surface area contributed by atoms with Crippen molar-refractivity contribution < 1.29 is 9.90 Å². The van der Waals surface area contributed by atoms with E-state index < -0.39 is 11.9 Å². The molecule has 0 radical (unpaired) electrons. The summed E-state index contributed by atoms with van der Waals surface area (Å²) in [6, 6.07) is 9.37. The highest BCUT2D eigenvalue weighted by Gasteiger charge is 2.20. The maximum Gasteiger partial charge on any atom is 0.310 e. The Morgan fingerprint density at radius 3 is 2.74 bits per heavy atom. The molecule has 2 rings (SSSR count). The number of imidazole rings is 1. The van der Waals surface area contributed by atoms with Crippen LogP contribution in [0.15, 0.2) is 42.7 Å². The highest BCUT2D eigenvalue weighted by molar-refractivity contribution is 5.76. The van der Waals surface area contributed by atoms with Gasteiger partial charge in [0.1, 0.15) is 5.82 Å². The van der Waals surface area contributed by atoms with Crippen LogP contribution in [0.4, 0.5) is 0 Å². The average molecular weight is 258 g/mol. The second kappa shape index (κ2) is 6.18. The van der Waals surface area contributed by atoms with Crippen LogP contribution in [0.2, 0.25) is 0 Å². The van der Waals surface area contributed by atoms with Crippen molar-refractivity contribution in [1.82, 2.24) is 9.55 Å². The molecule has 0 aliphatic rings. The van der Waals surface area contributed by atoms with Gasteiger partial charge >= 0.3 is 5.97 Å². The lowest BCUT2D eigenvalue weighted by atomic mass is 9.94. The molecule has 0 saturated carbocycles. The number of hydrogen-bond donors (Lipinski definition) is 1. The summed E-state index contributed by atoms with van der Waals surface area (Å²) >= 11 is 0. The Hall–Kier alpha value is -2.10. The third kappa shape index (κ3) is 3.22. The van der Waals surface area contributed by atoms with Gasteiger partial charge in [-0.1, -0.05) is 30.3 Å². The Bertz CT molecular complexity index is 534. The summed E-state index contributed by atoms with van der Waals surface area (Å²) in [5.74, 6) is -0.298. The van der Waals surface area contributed by atoms with Crippen molar-refractivity contribution in [3.63, 3.8) is 0 Å². The average Bonchev–Trinajstić information content (AvgIpc) is 2.87. The van der Waals surface area contributed by atoms with Crippen molar-refractivity contribution in [2.45, 2.75) is 32.2 Å². The van der Waals surface area contributed by atoms with Crippen LogP contribution in [0.5, 0.6) is 0 Å². The molecule has 1 atom stereocenters. The van der Waals surface area contributed by atoms with Crippen LogP contribution in [0.1, 0.15) is 30.7 Å². The normalized spacial score (nSPS) is 12.3. The fourth-order valence-corrected chi connectivity index (χ4v) is 2.25. The van der Waals surface area contributed by atoms with E-state index in [1.54, 1.807) is 6.20 Å². The zero-order valence-electron chi connectivity index (χ0n) is 11.0. The minimum absolute atomic E-state index is 0.469. The number of aliphatic carboxylic acids is 1. The predicted octanol–water partition coefficient (Wildman–Crippen LogP) is 2.70. The minimum atomic E-state index is -0.777. The van der Waals surface area contributed by atoms with E-state index in [0.29, 0.717) is 12.8 Å². The summed E-state index contributed by atoms with van der Waals surface area (Å²) in [4.78, 5) is 15.7. The van der Waals surface area contributed by atoms with Gasteiger partial charge in [0.2, 0.25) is 0 Å². The van der Waals surface area contributed by atoms with Gasteiger partial charge in [-0.2, -0.15) is 0 Å². The summed E-state index contributed by atoms with van der Waals surface area (Å²) < 4.78 is 2.05. The molecule has 0 spiro atoms. The van der Waals surface area contributed by atoms with Crippen LogP contribution in [-0.4, -0.2) is 20.6 Å². The zero-order chi connectivity index (χ0) is 13.7. The molecular formula is C15H18N2O2. The van der Waals surface area contributed by atoms with E-state index in [1.807, 2.05) is 41.1 Å². The number of hydrogen-bond acceptors (Lipinski definition) is 2. The molecule has 1 aromatic carbocycles. The molecule has 1 aromatic heterocycles. The van der Waals surface area contributed by atoms with Crippen molar-refractivity contribution in [2.24, 2.45) is 0 Å². The summed E-state index contributed by atoms with van der Waals surface area (Å²) in [7, 11) is 0. The molecule has 1 N–H and O–H groups in total. The number of aromatic nitrogens is 2. The molecule has 0 saturated heterocycles. The second-order valence-corrected chi connectivity index (χ2v) is 4.47. The summed E-state index contributed by atoms with van der Waals surface area (Å²) in [5, 5.41) is 9.35. The first kappa shape index (κ1) is 13.3. The van der Waals surface area contributed by atoms with Gasteiger partial charge < -0.3 is 9.67 Å². The monoisotopic (exact) mass is 258 g/mol. The van der Waals surface area contributed by atoms with E-state index in [1.165, 1.54) is 0 Å². The molecule has 100 valence electrons. The second-order valence-electron chi connectivity index (χ2n) is 4.47. The first-order chi connectivity index (χ1) is 9.22. The van der Waals surface area contributed by atoms with E-state index >= 15 is 0 Å². The molecule has 0 aliphatic carbocycles. The largest absolute Gasteiger partial charge is 0.481 e. The van der Waals surface area contributed by atoms with E-state index in [2.05, 4.69) is 11.9 Å². The Morgan fingerprint density at radius 1 is 1.37 bits per heavy atom. The lowest BCUT2D eigenvalue weighted by Crippen LogP contribution is -2.14. The molecule has 1 heterocycles. The number of carboxylic acids is 1. The maximum absolute atomic E-state index is 11.4. The van der Waals surface area contributed by atoms with E-state index in [-0.39, 0.29) is 0 Å². The minimum Gasteiger partial charge on any atom is -0.481 e. The van der Waals surface area contributed by atoms with Crippen molar-refractivity contribution in [3.8, 4) is 0 Å². The summed E-state index contributed by atoms with van der Waals surface area (Å²) in [6.07, 6.45) is 4.92. The molecule has 2 aromatic rings. The van der Waals surface area contributed by atoms with E-state index in [9.17, 15) is 9.90 Å². The van der Waals surface area contributed by atoms with Gasteiger partial charge in [-0.05, 0) is 18.9 Å². The topological polar surface area (TPSA) is 55.1 Å². The Morgan fingerprint density at radius 2 is 2.11 bits per heavy atom. The van der Waals surface area contributed by atoms with Crippen LogP contribution in [-0.2, 0) is 17.8 Å². The van der Waals surface area contributed by atoms with Gasteiger partial charge in [-0.3, -0.25) is 4.79 Å². The first-order valence-electron chi connectivity index (χ1n) is 6.50. The lowest BCUT2D eigenvalue weighted by molar-refractivity contribution is -0.138. The standard InChI is InChI=1S/C15H18N2O2/c1-2-17-11-10-16-14(17)9-8-13(15(18)19)12-6-4-3-5-7-12/h3-7,10-11,13H,2,8-9H2,1H3,(H,18,19). The van der Waals surface area contributed by atoms with Crippen LogP contribution < -0.4 is 0 Å². The van der Waals surface area contributed by atoms with Crippen LogP contribution in [0.25, 0.3) is 0 Å². The zero-order valence-corrected chi connectivity index (χ0v) is 11.0. The van der Waals surface area contributed by atoms with Gasteiger partial charge in [0.05, 0.1) is 5.92 Å². The molecule has 1 unspecified atom stereocenters. The number of nitrogens with zero attached hydrogens (tertiary/aromatic N) is 2. The highest BCUT2D eigenvalue weighted by atomic mass is 16.4. The molecule has 0 aliphatic heterocycles. The number of carbonyl (C=O) groups is 1. The van der Waals surface area contributed by atoms with Crippen LogP contribution in [0.3, 0.4) is 0 Å². The number of benzene rings is 1. The van der Waals surface area contributed by atoms with Crippen LogP contribution >= 0.6 is 0 Å². The van der Waals surface area contributed by atoms with Gasteiger partial charge in [0.25, 0.3) is 0 Å². The molecule has 4 heteroatoms. The Balaban J connectivity index is 2.09. The summed E-state index contributed by atoms with van der Waals surface area (Å²) in [6.45, 7) is 2.91. The fourth-order valence-electron chi connectivity index (χ4n) is 2.25. The van der Waals surface area contributed by atoms with Crippen molar-refractivity contribution in [2.75, 3.05) is 0 Å². The van der Waals surface area contributed by atoms with Gasteiger partial charge in [-0.25, -0.2) is 4.98 Å². The van der Waals surface area contributed by atoms with Crippen molar-refractivity contribution in [1.29, 1.82) is 0 Å². The molecule has 0 bridgehead atoms. The number of aryl methyl sites for hydroxylation is 2. The van der Waals surface area contributed by atoms with Gasteiger partial charge in [0, 0.05) is 25.4 Å². The fraction of sp³-hybridized carbons (Fsp3) is 0.333. The third-order valence-corrected chi connectivity index (χ3v) is 3.30. The maximum atomic E-state index is 11.4. The SMILES string of the molecule is CCn1ccnc1CCC(C(=O)O)c1ccccc1. The highest BCUT2D eigenvalue weighted by Crippen LogP contribution is 2.21. The number of rotatable bonds is 6. The molecule has 4 nitrogen and oxygen atoms in total. The third-order valence-electron chi connectivity index (χ3n) is 3.30. The Labute approximate surface area is 112 Å². The summed E-state index contributed by atoms with van der Waals surface area (Å²) in [5.41, 5.74) is 0.851. The molecule has 0 fully saturated rings. The molecular weight excluding hydrogens is 240 g/mol. The van der Waals surface area contributed by atoms with Crippen LogP contribution in [0, 0.1) is 0 Å². The molecule has 19 heavy (non-hydrogen) atoms. The van der Waals surface area contributed by atoms with Gasteiger partial charge in [-0.15, -0.1) is 0 Å². The number of carboxylic acid groups (broad SMARTS) is 1. The quantitative estimate of drug-likeness (QED) is 0.866. The predicted molar refractivity (Wildman–Crippen MR) is 73.0 cm³/mol. The Kier molecular flexibility index (Phi) is 4.34. The van der Waals surface area contributed by atoms with E-state index in [4.69, 9.17) is 0 Å². The van der Waals surface area contributed by atoms with Crippen molar-refractivity contribution >= 4 is 5.97 Å². The molecule has 0 amide bonds. The van der Waals surface area contributed by atoms with E-state index in [0.717, 1.165) is 17.9 Å². The first-order valence-corrected chi connectivity index (χ1v) is 6.50. The van der Waals surface area contributed by atoms with Gasteiger partial charge in [0.15, 0.2) is 0 Å². The smallest absolute Gasteiger partial charge is 0.310 e. The lowest BCUT2D eigenvalue weighted by Gasteiger charge is -2.13. The van der Waals surface area contributed by atoms with Crippen molar-refractivity contribution in [3.05, 3.63) is 54.1 Å².